The van der Waals surface area contributed by atoms with Gasteiger partial charge >= 0.3 is 5.97 Å². The highest BCUT2D eigenvalue weighted by molar-refractivity contribution is 5.78. The molecule has 25 heavy (non-hydrogen) atoms. The van der Waals surface area contributed by atoms with Crippen LogP contribution in [0, 0.1) is 5.92 Å². The van der Waals surface area contributed by atoms with E-state index >= 15 is 0 Å². The Hall–Kier alpha value is -2.87. The van der Waals surface area contributed by atoms with Crippen LogP contribution in [-0.4, -0.2) is 11.1 Å². The first-order valence-electron chi connectivity index (χ1n) is 8.73. The minimum absolute atomic E-state index is 0.0338. The highest BCUT2D eigenvalue weighted by atomic mass is 16.4. The van der Waals surface area contributed by atoms with E-state index < -0.39 is 11.9 Å². The molecule has 0 spiro atoms. The number of rotatable bonds is 2. The Morgan fingerprint density at radius 1 is 0.640 bits per heavy atom. The molecule has 2 atom stereocenters. The zero-order chi connectivity index (χ0) is 17.0. The van der Waals surface area contributed by atoms with Gasteiger partial charge in [-0.05, 0) is 27.8 Å². The molecular weight excluding hydrogens is 308 g/mol. The van der Waals surface area contributed by atoms with E-state index in [1.807, 2.05) is 30.3 Å². The summed E-state index contributed by atoms with van der Waals surface area (Å²) in [6.07, 6.45) is 0. The summed E-state index contributed by atoms with van der Waals surface area (Å²) in [5.41, 5.74) is 6.07. The van der Waals surface area contributed by atoms with E-state index in [9.17, 15) is 9.90 Å². The molecule has 0 amide bonds. The molecule has 0 unspecified atom stereocenters. The summed E-state index contributed by atoms with van der Waals surface area (Å²) in [6, 6.07) is 26.9. The quantitative estimate of drug-likeness (QED) is 0.737. The smallest absolute Gasteiger partial charge is 0.308 e. The van der Waals surface area contributed by atoms with Gasteiger partial charge in [0.25, 0.3) is 0 Å². The van der Waals surface area contributed by atoms with Gasteiger partial charge < -0.3 is 5.11 Å². The summed E-state index contributed by atoms with van der Waals surface area (Å²) in [6.45, 7) is 0. The molecule has 2 nitrogen and oxygen atoms in total. The van der Waals surface area contributed by atoms with Crippen molar-refractivity contribution in [1.82, 2.24) is 0 Å². The second-order valence-corrected chi connectivity index (χ2v) is 7.01. The summed E-state index contributed by atoms with van der Waals surface area (Å²) >= 11 is 0. The molecule has 3 aliphatic rings. The number of carboxylic acid groups (broad SMARTS) is 1. The highest BCUT2D eigenvalue weighted by Crippen LogP contribution is 2.61. The predicted octanol–water partition coefficient (Wildman–Crippen LogP) is 4.76. The molecule has 0 saturated heterocycles. The molecule has 0 radical (unpaired) electrons. The summed E-state index contributed by atoms with van der Waals surface area (Å²) in [4.78, 5) is 12.3. The Morgan fingerprint density at radius 3 is 1.56 bits per heavy atom. The van der Waals surface area contributed by atoms with E-state index in [0.29, 0.717) is 0 Å². The molecule has 1 N–H and O–H groups in total. The van der Waals surface area contributed by atoms with Crippen molar-refractivity contribution in [1.29, 1.82) is 0 Å². The van der Waals surface area contributed by atoms with Gasteiger partial charge in [0, 0.05) is 17.8 Å². The Balaban J connectivity index is 1.83. The Labute approximate surface area is 146 Å². The number of aliphatic carboxylic acids is 1. The molecule has 0 saturated carbocycles. The van der Waals surface area contributed by atoms with Crippen molar-refractivity contribution in [3.63, 3.8) is 0 Å². The van der Waals surface area contributed by atoms with E-state index in [-0.39, 0.29) is 17.8 Å². The van der Waals surface area contributed by atoms with Gasteiger partial charge in [0.05, 0.1) is 5.92 Å². The summed E-state index contributed by atoms with van der Waals surface area (Å²) < 4.78 is 0. The molecule has 0 heterocycles. The Kier molecular flexibility index (Phi) is 3.08. The van der Waals surface area contributed by atoms with Crippen LogP contribution in [0.3, 0.4) is 0 Å². The monoisotopic (exact) mass is 326 g/mol. The van der Waals surface area contributed by atoms with Gasteiger partial charge in [-0.15, -0.1) is 0 Å². The average molecular weight is 326 g/mol. The van der Waals surface area contributed by atoms with Crippen molar-refractivity contribution >= 4 is 5.97 Å². The number of carbonyl (C=O) groups is 1. The van der Waals surface area contributed by atoms with Gasteiger partial charge in [0.1, 0.15) is 0 Å². The summed E-state index contributed by atoms with van der Waals surface area (Å²) in [7, 11) is 0. The normalized spacial score (nSPS) is 25.9. The van der Waals surface area contributed by atoms with Crippen LogP contribution in [0.15, 0.2) is 78.9 Å². The van der Waals surface area contributed by atoms with Crippen molar-refractivity contribution in [3.05, 3.63) is 107 Å². The van der Waals surface area contributed by atoms with Crippen LogP contribution in [-0.2, 0) is 4.79 Å². The van der Waals surface area contributed by atoms with Crippen LogP contribution in [0.5, 0.6) is 0 Å². The van der Waals surface area contributed by atoms with Gasteiger partial charge in [0.2, 0.25) is 0 Å². The molecule has 6 rings (SSSR count). The molecule has 0 fully saturated rings. The Morgan fingerprint density at radius 2 is 1.08 bits per heavy atom. The maximum Gasteiger partial charge on any atom is 0.308 e. The lowest BCUT2D eigenvalue weighted by Gasteiger charge is -2.49. The van der Waals surface area contributed by atoms with E-state index in [1.165, 1.54) is 22.3 Å². The largest absolute Gasteiger partial charge is 0.481 e. The second kappa shape index (κ2) is 5.32. The van der Waals surface area contributed by atoms with Crippen LogP contribution in [0.1, 0.15) is 45.6 Å². The number of benzene rings is 3. The van der Waals surface area contributed by atoms with Gasteiger partial charge in [-0.1, -0.05) is 78.9 Å². The topological polar surface area (TPSA) is 37.3 Å². The first-order chi connectivity index (χ1) is 12.3. The first kappa shape index (κ1) is 14.5. The fourth-order valence-corrected chi connectivity index (χ4v) is 5.05. The predicted molar refractivity (Wildman–Crippen MR) is 96.9 cm³/mol. The lowest BCUT2D eigenvalue weighted by Crippen LogP contribution is -2.42. The minimum atomic E-state index is -0.701. The van der Waals surface area contributed by atoms with Crippen molar-refractivity contribution in [2.45, 2.75) is 17.8 Å². The number of hydrogen-bond donors (Lipinski definition) is 1. The standard InChI is InChI=1S/C23H18O2/c24-23(25)22-19(14-8-2-1-3-9-14)20-15-10-4-6-12-17(15)21(22)18-13-7-5-11-16(18)20/h1-13,19-22H,(H,24,25)/t19-,20?,21?,22-/m1/s1. The van der Waals surface area contributed by atoms with Gasteiger partial charge in [-0.3, -0.25) is 4.79 Å². The number of hydrogen-bond acceptors (Lipinski definition) is 1. The molecule has 122 valence electrons. The van der Waals surface area contributed by atoms with Gasteiger partial charge in [-0.2, -0.15) is 0 Å². The summed E-state index contributed by atoms with van der Waals surface area (Å²) in [5, 5.41) is 10.1. The van der Waals surface area contributed by atoms with Crippen LogP contribution >= 0.6 is 0 Å². The molecule has 3 aromatic carbocycles. The fraction of sp³-hybridized carbons (Fsp3) is 0.174. The third-order valence-corrected chi connectivity index (χ3v) is 5.91. The van der Waals surface area contributed by atoms with Crippen LogP contribution < -0.4 is 0 Å². The third-order valence-electron chi connectivity index (χ3n) is 5.91. The number of carboxylic acids is 1. The first-order valence-corrected chi connectivity index (χ1v) is 8.73. The number of fused-ring (bicyclic) bond motifs is 1. The fourth-order valence-electron chi connectivity index (χ4n) is 5.05. The van der Waals surface area contributed by atoms with E-state index in [1.54, 1.807) is 0 Å². The van der Waals surface area contributed by atoms with Crippen molar-refractivity contribution < 1.29 is 9.90 Å². The molecule has 2 bridgehead atoms. The molecular formula is C23H18O2. The minimum Gasteiger partial charge on any atom is -0.481 e. The van der Waals surface area contributed by atoms with E-state index in [4.69, 9.17) is 0 Å². The molecule has 0 aliphatic heterocycles. The van der Waals surface area contributed by atoms with Gasteiger partial charge in [0.15, 0.2) is 0 Å². The average Bonchev–Trinajstić information content (AvgIpc) is 2.68. The van der Waals surface area contributed by atoms with E-state index in [2.05, 4.69) is 48.5 Å². The SMILES string of the molecule is O=C(O)[C@H]1C2c3ccccc3C(c3ccccc32)[C@H]1c1ccccc1. The lowest BCUT2D eigenvalue weighted by atomic mass is 9.53. The maximum atomic E-state index is 12.3. The molecule has 0 aromatic heterocycles. The maximum absolute atomic E-state index is 12.3. The van der Waals surface area contributed by atoms with E-state index in [0.717, 1.165) is 5.56 Å². The molecule has 2 heteroatoms. The van der Waals surface area contributed by atoms with Gasteiger partial charge in [-0.25, -0.2) is 0 Å². The second-order valence-electron chi connectivity index (χ2n) is 7.01. The van der Waals surface area contributed by atoms with Crippen LogP contribution in [0.25, 0.3) is 0 Å². The Bertz CT molecular complexity index is 913. The highest BCUT2D eigenvalue weighted by Gasteiger charge is 2.52. The van der Waals surface area contributed by atoms with Crippen molar-refractivity contribution in [2.75, 3.05) is 0 Å². The lowest BCUT2D eigenvalue weighted by molar-refractivity contribution is -0.143. The zero-order valence-electron chi connectivity index (χ0n) is 13.7. The van der Waals surface area contributed by atoms with Crippen LogP contribution in [0.2, 0.25) is 0 Å². The molecule has 3 aromatic rings. The van der Waals surface area contributed by atoms with Crippen molar-refractivity contribution in [2.24, 2.45) is 5.92 Å². The molecule has 3 aliphatic carbocycles. The van der Waals surface area contributed by atoms with Crippen molar-refractivity contribution in [3.8, 4) is 0 Å². The third kappa shape index (κ3) is 1.94. The van der Waals surface area contributed by atoms with Crippen LogP contribution in [0.4, 0.5) is 0 Å². The summed E-state index contributed by atoms with van der Waals surface area (Å²) in [5.74, 6) is -1.15. The zero-order valence-corrected chi connectivity index (χ0v) is 13.7.